The summed E-state index contributed by atoms with van der Waals surface area (Å²) >= 11 is 0. The fraction of sp³-hybridized carbons (Fsp3) is 0.526. The molecule has 0 radical (unpaired) electrons. The number of aromatic amines is 1. The predicted molar refractivity (Wildman–Crippen MR) is 99.7 cm³/mol. The van der Waals surface area contributed by atoms with Crippen LogP contribution >= 0.6 is 0 Å². The van der Waals surface area contributed by atoms with Gasteiger partial charge in [-0.3, -0.25) is 9.80 Å². The van der Waals surface area contributed by atoms with E-state index in [1.54, 1.807) is 0 Å². The molecular weight excluding hydrogens is 328 g/mol. The van der Waals surface area contributed by atoms with Gasteiger partial charge in [0.05, 0.1) is 23.6 Å². The first kappa shape index (κ1) is 17.2. The topological polar surface area (TPSA) is 74.1 Å². The number of nitrogens with one attached hydrogen (secondary N) is 1. The molecule has 0 amide bonds. The Hall–Kier alpha value is -2.25. The van der Waals surface area contributed by atoms with Crippen LogP contribution in [0.4, 0.5) is 0 Å². The summed E-state index contributed by atoms with van der Waals surface area (Å²) in [5.74, 6) is 2.83. The molecule has 7 nitrogen and oxygen atoms in total. The highest BCUT2D eigenvalue weighted by Crippen LogP contribution is 2.22. The average Bonchev–Trinajstić information content (AvgIpc) is 3.28. The van der Waals surface area contributed by atoms with Crippen molar-refractivity contribution in [3.05, 3.63) is 41.8 Å². The van der Waals surface area contributed by atoms with Crippen LogP contribution in [0, 0.1) is 0 Å². The van der Waals surface area contributed by atoms with Crippen LogP contribution in [0.5, 0.6) is 0 Å². The molecule has 3 aromatic rings. The third kappa shape index (κ3) is 3.50. The summed E-state index contributed by atoms with van der Waals surface area (Å²) in [6.45, 7) is 11.1. The van der Waals surface area contributed by atoms with Crippen LogP contribution in [0.3, 0.4) is 0 Å². The molecule has 2 aromatic heterocycles. The number of rotatable bonds is 5. The number of hydrogen-bond donors (Lipinski definition) is 1. The van der Waals surface area contributed by atoms with Gasteiger partial charge in [0.25, 0.3) is 0 Å². The van der Waals surface area contributed by atoms with Crippen molar-refractivity contribution in [3.63, 3.8) is 0 Å². The zero-order valence-electron chi connectivity index (χ0n) is 15.6. The Labute approximate surface area is 153 Å². The van der Waals surface area contributed by atoms with E-state index < -0.39 is 0 Å². The lowest BCUT2D eigenvalue weighted by Gasteiger charge is -2.36. The van der Waals surface area contributed by atoms with Crippen LogP contribution in [0.1, 0.15) is 50.3 Å². The van der Waals surface area contributed by atoms with Gasteiger partial charge >= 0.3 is 0 Å². The van der Waals surface area contributed by atoms with Crippen molar-refractivity contribution in [1.29, 1.82) is 0 Å². The summed E-state index contributed by atoms with van der Waals surface area (Å²) in [5.41, 5.74) is 2.14. The Morgan fingerprint density at radius 2 is 1.85 bits per heavy atom. The number of benzene rings is 1. The molecule has 0 unspecified atom stereocenters. The SMILES string of the molecule is CC(C)c1noc([C@H](C)N2CCN(Cc3nc4ccccc4[nH]3)CC2)n1. The molecule has 1 atom stereocenters. The van der Waals surface area contributed by atoms with Gasteiger partial charge in [-0.15, -0.1) is 0 Å². The molecule has 0 bridgehead atoms. The molecule has 1 aliphatic rings. The number of H-pyrrole nitrogens is 1. The Balaban J connectivity index is 1.34. The van der Waals surface area contributed by atoms with Crippen LogP contribution in [0.2, 0.25) is 0 Å². The van der Waals surface area contributed by atoms with Crippen molar-refractivity contribution in [2.45, 2.75) is 39.3 Å². The zero-order valence-corrected chi connectivity index (χ0v) is 15.6. The molecule has 1 saturated heterocycles. The highest BCUT2D eigenvalue weighted by molar-refractivity contribution is 5.74. The molecule has 0 saturated carbocycles. The van der Waals surface area contributed by atoms with Crippen LogP contribution in [0.15, 0.2) is 28.8 Å². The molecular formula is C19H26N6O. The predicted octanol–water partition coefficient (Wildman–Crippen LogP) is 2.95. The fourth-order valence-electron chi connectivity index (χ4n) is 3.41. The third-order valence-electron chi connectivity index (χ3n) is 5.10. The smallest absolute Gasteiger partial charge is 0.243 e. The molecule has 0 aliphatic carbocycles. The van der Waals surface area contributed by atoms with E-state index in [1.165, 1.54) is 0 Å². The maximum Gasteiger partial charge on any atom is 0.243 e. The molecule has 4 rings (SSSR count). The Morgan fingerprint density at radius 3 is 2.54 bits per heavy atom. The molecule has 1 aliphatic heterocycles. The van der Waals surface area contributed by atoms with Gasteiger partial charge in [-0.1, -0.05) is 31.1 Å². The Kier molecular flexibility index (Phi) is 4.74. The van der Waals surface area contributed by atoms with Crippen molar-refractivity contribution >= 4 is 11.0 Å². The van der Waals surface area contributed by atoms with Gasteiger partial charge < -0.3 is 9.51 Å². The molecule has 1 N–H and O–H groups in total. The maximum atomic E-state index is 5.47. The van der Waals surface area contributed by atoms with E-state index in [4.69, 9.17) is 4.52 Å². The third-order valence-corrected chi connectivity index (χ3v) is 5.10. The van der Waals surface area contributed by atoms with Crippen LogP contribution in [-0.2, 0) is 6.54 Å². The minimum atomic E-state index is 0.156. The Morgan fingerprint density at radius 1 is 1.08 bits per heavy atom. The molecule has 0 spiro atoms. The molecule has 26 heavy (non-hydrogen) atoms. The van der Waals surface area contributed by atoms with Gasteiger partial charge in [-0.2, -0.15) is 4.98 Å². The second kappa shape index (κ2) is 7.17. The van der Waals surface area contributed by atoms with Gasteiger partial charge in [0.15, 0.2) is 5.82 Å². The zero-order chi connectivity index (χ0) is 18.1. The van der Waals surface area contributed by atoms with Crippen LogP contribution in [0.25, 0.3) is 11.0 Å². The number of para-hydroxylation sites is 2. The van der Waals surface area contributed by atoms with E-state index in [0.717, 1.165) is 61.3 Å². The van der Waals surface area contributed by atoms with Crippen molar-refractivity contribution in [1.82, 2.24) is 29.9 Å². The van der Waals surface area contributed by atoms with Crippen molar-refractivity contribution in [2.24, 2.45) is 0 Å². The van der Waals surface area contributed by atoms with E-state index in [0.29, 0.717) is 5.92 Å². The second-order valence-electron chi connectivity index (χ2n) is 7.33. The monoisotopic (exact) mass is 354 g/mol. The molecule has 3 heterocycles. The summed E-state index contributed by atoms with van der Waals surface area (Å²) in [6.07, 6.45) is 0. The van der Waals surface area contributed by atoms with Gasteiger partial charge in [0.1, 0.15) is 5.82 Å². The van der Waals surface area contributed by atoms with Crippen LogP contribution in [-0.4, -0.2) is 56.1 Å². The minimum Gasteiger partial charge on any atom is -0.341 e. The van der Waals surface area contributed by atoms with Crippen molar-refractivity contribution in [2.75, 3.05) is 26.2 Å². The van der Waals surface area contributed by atoms with Gasteiger partial charge in [-0.05, 0) is 19.1 Å². The van der Waals surface area contributed by atoms with E-state index in [9.17, 15) is 0 Å². The van der Waals surface area contributed by atoms with E-state index in [-0.39, 0.29) is 6.04 Å². The number of fused-ring (bicyclic) bond motifs is 1. The lowest BCUT2D eigenvalue weighted by Crippen LogP contribution is -2.46. The summed E-state index contributed by atoms with van der Waals surface area (Å²) in [5, 5.41) is 4.09. The lowest BCUT2D eigenvalue weighted by molar-refractivity contribution is 0.0833. The van der Waals surface area contributed by atoms with Crippen molar-refractivity contribution in [3.8, 4) is 0 Å². The number of hydrogen-bond acceptors (Lipinski definition) is 6. The van der Waals surface area contributed by atoms with E-state index in [2.05, 4.69) is 56.7 Å². The van der Waals surface area contributed by atoms with Gasteiger partial charge in [0, 0.05) is 32.1 Å². The first-order valence-corrected chi connectivity index (χ1v) is 9.33. The Bertz CT molecular complexity index is 829. The van der Waals surface area contributed by atoms with Crippen molar-refractivity contribution < 1.29 is 4.52 Å². The van der Waals surface area contributed by atoms with Gasteiger partial charge in [0.2, 0.25) is 5.89 Å². The van der Waals surface area contributed by atoms with Crippen LogP contribution < -0.4 is 0 Å². The first-order chi connectivity index (χ1) is 12.6. The number of nitrogens with zero attached hydrogens (tertiary/aromatic N) is 5. The normalized spacial score (nSPS) is 18.0. The molecule has 1 aromatic carbocycles. The highest BCUT2D eigenvalue weighted by atomic mass is 16.5. The first-order valence-electron chi connectivity index (χ1n) is 9.33. The van der Waals surface area contributed by atoms with E-state index in [1.807, 2.05) is 18.2 Å². The number of imidazole rings is 1. The van der Waals surface area contributed by atoms with E-state index >= 15 is 0 Å². The number of aromatic nitrogens is 4. The fourth-order valence-corrected chi connectivity index (χ4v) is 3.41. The highest BCUT2D eigenvalue weighted by Gasteiger charge is 2.26. The lowest BCUT2D eigenvalue weighted by atomic mass is 10.2. The summed E-state index contributed by atoms with van der Waals surface area (Å²) < 4.78 is 5.47. The largest absolute Gasteiger partial charge is 0.341 e. The summed E-state index contributed by atoms with van der Waals surface area (Å²) in [6, 6.07) is 8.33. The maximum absolute atomic E-state index is 5.47. The number of piperazine rings is 1. The molecule has 138 valence electrons. The quantitative estimate of drug-likeness (QED) is 0.759. The average molecular weight is 354 g/mol. The standard InChI is InChI=1S/C19H26N6O/c1-13(2)18-22-19(26-23-18)14(3)25-10-8-24(9-11-25)12-17-20-15-6-4-5-7-16(15)21-17/h4-7,13-14H,8-12H2,1-3H3,(H,20,21)/t14-/m0/s1. The summed E-state index contributed by atoms with van der Waals surface area (Å²) in [7, 11) is 0. The second-order valence-corrected chi connectivity index (χ2v) is 7.33. The minimum absolute atomic E-state index is 0.156. The van der Waals surface area contributed by atoms with Gasteiger partial charge in [-0.25, -0.2) is 4.98 Å². The molecule has 1 fully saturated rings. The summed E-state index contributed by atoms with van der Waals surface area (Å²) in [4.78, 5) is 17.5. The molecule has 7 heteroatoms.